The van der Waals surface area contributed by atoms with Crippen LogP contribution >= 0.6 is 11.6 Å². The highest BCUT2D eigenvalue weighted by atomic mass is 35.5. The van der Waals surface area contributed by atoms with Gasteiger partial charge in [0.2, 0.25) is 5.78 Å². The van der Waals surface area contributed by atoms with Crippen LogP contribution in [0.1, 0.15) is 32.6 Å². The van der Waals surface area contributed by atoms with Crippen LogP contribution in [0.2, 0.25) is 5.02 Å². The Bertz CT molecular complexity index is 1170. The molecule has 3 aromatic rings. The summed E-state index contributed by atoms with van der Waals surface area (Å²) in [7, 11) is 0. The summed E-state index contributed by atoms with van der Waals surface area (Å²) in [6, 6.07) is 19.4. The molecule has 2 aliphatic heterocycles. The lowest BCUT2D eigenvalue weighted by atomic mass is 10.0. The van der Waals surface area contributed by atoms with E-state index in [4.69, 9.17) is 21.1 Å². The van der Waals surface area contributed by atoms with Crippen molar-refractivity contribution in [2.75, 3.05) is 6.73 Å². The van der Waals surface area contributed by atoms with Gasteiger partial charge in [0.1, 0.15) is 18.2 Å². The van der Waals surface area contributed by atoms with Crippen molar-refractivity contribution in [2.45, 2.75) is 20.0 Å². The Hall–Kier alpha value is -3.08. The summed E-state index contributed by atoms with van der Waals surface area (Å²) in [6.45, 7) is 3.86. The molecule has 0 radical (unpaired) electrons. The van der Waals surface area contributed by atoms with Gasteiger partial charge in [0.15, 0.2) is 5.76 Å². The maximum atomic E-state index is 12.9. The van der Waals surface area contributed by atoms with Crippen LogP contribution in [0.15, 0.2) is 66.4 Å². The second-order valence-corrected chi connectivity index (χ2v) is 8.04. The van der Waals surface area contributed by atoms with Gasteiger partial charge in [-0.3, -0.25) is 9.69 Å². The van der Waals surface area contributed by atoms with E-state index in [0.29, 0.717) is 30.3 Å². The van der Waals surface area contributed by atoms with Gasteiger partial charge in [0.25, 0.3) is 0 Å². The van der Waals surface area contributed by atoms with Gasteiger partial charge in [-0.15, -0.1) is 0 Å². The second kappa shape index (κ2) is 7.63. The predicted octanol–water partition coefficient (Wildman–Crippen LogP) is 5.62. The summed E-state index contributed by atoms with van der Waals surface area (Å²) >= 11 is 5.99. The SMILES string of the molecule is Cc1ccccc1/C=C1\Oc2c(ccc3c2CN(Cc2ccc(Cl)cc2)CO3)C1=O. The summed E-state index contributed by atoms with van der Waals surface area (Å²) in [6.07, 6.45) is 1.82. The zero-order valence-corrected chi connectivity index (χ0v) is 17.3. The topological polar surface area (TPSA) is 38.8 Å². The number of hydrogen-bond acceptors (Lipinski definition) is 4. The number of nitrogens with zero attached hydrogens (tertiary/aromatic N) is 1. The molecular weight excluding hydrogens is 398 g/mol. The zero-order valence-electron chi connectivity index (χ0n) is 16.5. The number of rotatable bonds is 3. The Morgan fingerprint density at radius 3 is 2.67 bits per heavy atom. The summed E-state index contributed by atoms with van der Waals surface area (Å²) in [5.74, 6) is 1.64. The third kappa shape index (κ3) is 3.49. The first-order chi connectivity index (χ1) is 14.6. The molecule has 2 heterocycles. The van der Waals surface area contributed by atoms with Crippen LogP contribution in [0.25, 0.3) is 6.08 Å². The highest BCUT2D eigenvalue weighted by Crippen LogP contribution is 2.42. The third-order valence-corrected chi connectivity index (χ3v) is 5.73. The zero-order chi connectivity index (χ0) is 20.7. The minimum Gasteiger partial charge on any atom is -0.478 e. The fraction of sp³-hybridized carbons (Fsp3) is 0.160. The first-order valence-electron chi connectivity index (χ1n) is 9.84. The van der Waals surface area contributed by atoms with Gasteiger partial charge >= 0.3 is 0 Å². The molecule has 3 aromatic carbocycles. The van der Waals surface area contributed by atoms with E-state index in [-0.39, 0.29) is 5.78 Å². The molecule has 30 heavy (non-hydrogen) atoms. The van der Waals surface area contributed by atoms with Crippen molar-refractivity contribution >= 4 is 23.5 Å². The number of benzene rings is 3. The molecule has 4 nitrogen and oxygen atoms in total. The number of aryl methyl sites for hydroxylation is 1. The van der Waals surface area contributed by atoms with Crippen molar-refractivity contribution in [1.29, 1.82) is 0 Å². The average molecular weight is 418 g/mol. The quantitative estimate of drug-likeness (QED) is 0.519. The molecule has 0 amide bonds. The normalized spacial score (nSPS) is 16.7. The number of hydrogen-bond donors (Lipinski definition) is 0. The van der Waals surface area contributed by atoms with Crippen molar-refractivity contribution < 1.29 is 14.3 Å². The number of Topliss-reactive ketones (excluding diaryl/α,β-unsaturated/α-hetero) is 1. The summed E-state index contributed by atoms with van der Waals surface area (Å²) in [5.41, 5.74) is 4.72. The predicted molar refractivity (Wildman–Crippen MR) is 117 cm³/mol. The van der Waals surface area contributed by atoms with Crippen LogP contribution in [0.4, 0.5) is 0 Å². The summed E-state index contributed by atoms with van der Waals surface area (Å²) < 4.78 is 12.0. The van der Waals surface area contributed by atoms with E-state index in [2.05, 4.69) is 4.90 Å². The summed E-state index contributed by atoms with van der Waals surface area (Å²) in [4.78, 5) is 15.1. The molecular formula is C25H20ClNO3. The molecule has 0 unspecified atom stereocenters. The lowest BCUT2D eigenvalue weighted by molar-refractivity contribution is 0.0873. The number of ether oxygens (including phenoxy) is 2. The highest BCUT2D eigenvalue weighted by molar-refractivity contribution is 6.30. The average Bonchev–Trinajstić information content (AvgIpc) is 3.07. The van der Waals surface area contributed by atoms with E-state index in [1.807, 2.05) is 67.6 Å². The van der Waals surface area contributed by atoms with Gasteiger partial charge in [-0.05, 0) is 54.0 Å². The Morgan fingerprint density at radius 2 is 1.87 bits per heavy atom. The molecule has 0 aliphatic carbocycles. The van der Waals surface area contributed by atoms with Crippen molar-refractivity contribution in [3.8, 4) is 11.5 Å². The monoisotopic (exact) mass is 417 g/mol. The number of carbonyl (C=O) groups is 1. The Labute approximate surface area is 180 Å². The van der Waals surface area contributed by atoms with Crippen LogP contribution in [0.3, 0.4) is 0 Å². The number of halogens is 1. The Morgan fingerprint density at radius 1 is 1.07 bits per heavy atom. The van der Waals surface area contributed by atoms with Gasteiger partial charge in [0.05, 0.1) is 11.1 Å². The first kappa shape index (κ1) is 18.9. The van der Waals surface area contributed by atoms with Crippen LogP contribution in [-0.2, 0) is 13.1 Å². The van der Waals surface area contributed by atoms with Gasteiger partial charge < -0.3 is 9.47 Å². The molecule has 0 N–H and O–H groups in total. The van der Waals surface area contributed by atoms with Crippen molar-refractivity contribution in [3.05, 3.63) is 99.3 Å². The standard InChI is InChI=1S/C25H20ClNO3/c1-16-4-2-3-5-18(16)12-23-24(28)20-10-11-22-21(25(20)30-23)14-27(15-29-22)13-17-6-8-19(26)9-7-17/h2-12H,13-15H2,1H3/b23-12-. The van der Waals surface area contributed by atoms with E-state index in [9.17, 15) is 4.79 Å². The fourth-order valence-corrected chi connectivity index (χ4v) is 3.97. The van der Waals surface area contributed by atoms with E-state index >= 15 is 0 Å². The largest absolute Gasteiger partial charge is 0.478 e. The van der Waals surface area contributed by atoms with E-state index in [1.54, 1.807) is 6.07 Å². The van der Waals surface area contributed by atoms with Crippen molar-refractivity contribution in [2.24, 2.45) is 0 Å². The molecule has 5 heteroatoms. The lowest BCUT2D eigenvalue weighted by Gasteiger charge is -2.29. The van der Waals surface area contributed by atoms with E-state index in [0.717, 1.165) is 39.6 Å². The van der Waals surface area contributed by atoms with Gasteiger partial charge in [-0.1, -0.05) is 48.0 Å². The molecule has 0 saturated carbocycles. The van der Waals surface area contributed by atoms with E-state index < -0.39 is 0 Å². The maximum Gasteiger partial charge on any atom is 0.231 e. The molecule has 0 aromatic heterocycles. The number of carbonyl (C=O) groups excluding carboxylic acids is 1. The highest BCUT2D eigenvalue weighted by Gasteiger charge is 2.33. The first-order valence-corrected chi connectivity index (χ1v) is 10.2. The maximum absolute atomic E-state index is 12.9. The molecule has 2 aliphatic rings. The van der Waals surface area contributed by atoms with Crippen molar-refractivity contribution in [1.82, 2.24) is 4.90 Å². The van der Waals surface area contributed by atoms with Gasteiger partial charge in [-0.2, -0.15) is 0 Å². The van der Waals surface area contributed by atoms with Crippen LogP contribution in [0, 0.1) is 6.92 Å². The minimum absolute atomic E-state index is 0.0918. The minimum atomic E-state index is -0.0918. The smallest absolute Gasteiger partial charge is 0.231 e. The Balaban J connectivity index is 1.43. The lowest BCUT2D eigenvalue weighted by Crippen LogP contribution is -2.31. The Kier molecular flexibility index (Phi) is 4.81. The number of allylic oxidation sites excluding steroid dienone is 1. The molecule has 0 fully saturated rings. The molecule has 0 saturated heterocycles. The summed E-state index contributed by atoms with van der Waals surface area (Å²) in [5, 5.41) is 0.719. The molecule has 0 spiro atoms. The van der Waals surface area contributed by atoms with E-state index in [1.165, 1.54) is 0 Å². The van der Waals surface area contributed by atoms with Gasteiger partial charge in [-0.25, -0.2) is 0 Å². The molecule has 0 bridgehead atoms. The number of fused-ring (bicyclic) bond motifs is 3. The third-order valence-electron chi connectivity index (χ3n) is 5.48. The second-order valence-electron chi connectivity index (χ2n) is 7.60. The van der Waals surface area contributed by atoms with Crippen LogP contribution in [-0.4, -0.2) is 17.4 Å². The molecule has 150 valence electrons. The van der Waals surface area contributed by atoms with Crippen LogP contribution in [0.5, 0.6) is 11.5 Å². The molecule has 0 atom stereocenters. The van der Waals surface area contributed by atoms with Gasteiger partial charge in [0, 0.05) is 18.1 Å². The van der Waals surface area contributed by atoms with Crippen LogP contribution < -0.4 is 9.47 Å². The number of ketones is 1. The van der Waals surface area contributed by atoms with Crippen molar-refractivity contribution in [3.63, 3.8) is 0 Å². The fourth-order valence-electron chi connectivity index (χ4n) is 3.84. The molecule has 5 rings (SSSR count).